The third-order valence-corrected chi connectivity index (χ3v) is 6.41. The van der Waals surface area contributed by atoms with Gasteiger partial charge in [0.05, 0.1) is 6.10 Å². The zero-order valence-corrected chi connectivity index (χ0v) is 15.2. The van der Waals surface area contributed by atoms with Gasteiger partial charge in [0, 0.05) is 11.2 Å². The van der Waals surface area contributed by atoms with Crippen molar-refractivity contribution in [3.63, 3.8) is 0 Å². The molecule has 0 spiro atoms. The van der Waals surface area contributed by atoms with Gasteiger partial charge in [0.1, 0.15) is 24.0 Å². The molecule has 0 aromatic carbocycles. The van der Waals surface area contributed by atoms with E-state index in [9.17, 15) is 15.0 Å². The number of hydrogen-bond donors (Lipinski definition) is 4. The molecule has 5 atom stereocenters. The van der Waals surface area contributed by atoms with Crippen molar-refractivity contribution in [3.05, 3.63) is 11.3 Å². The van der Waals surface area contributed by atoms with Crippen molar-refractivity contribution in [2.24, 2.45) is 11.1 Å². The minimum atomic E-state index is -0.986. The molecule has 6 nitrogen and oxygen atoms in total. The summed E-state index contributed by atoms with van der Waals surface area (Å²) in [6.45, 7) is 3.93. The number of rotatable bonds is 6. The van der Waals surface area contributed by atoms with E-state index in [0.29, 0.717) is 23.7 Å². The number of ether oxygens (including phenoxy) is 1. The van der Waals surface area contributed by atoms with Crippen LogP contribution in [0.3, 0.4) is 0 Å². The number of allylic oxidation sites excluding steroid dienone is 1. The Morgan fingerprint density at radius 2 is 2.17 bits per heavy atom. The van der Waals surface area contributed by atoms with Gasteiger partial charge in [-0.3, -0.25) is 4.79 Å². The smallest absolute Gasteiger partial charge is 0.320 e. The fraction of sp³-hybridized carbons (Fsp3) is 0.824. The number of carbonyl (C=O) groups is 1. The Morgan fingerprint density at radius 3 is 2.83 bits per heavy atom. The zero-order valence-electron chi connectivity index (χ0n) is 14.4. The van der Waals surface area contributed by atoms with E-state index in [1.54, 1.807) is 11.8 Å². The van der Waals surface area contributed by atoms with E-state index in [1.807, 2.05) is 13.8 Å². The molecule has 1 fully saturated rings. The Labute approximate surface area is 147 Å². The van der Waals surface area contributed by atoms with Gasteiger partial charge in [-0.1, -0.05) is 13.3 Å². The van der Waals surface area contributed by atoms with Crippen molar-refractivity contribution < 1.29 is 24.9 Å². The molecule has 0 amide bonds. The molecule has 1 saturated heterocycles. The van der Waals surface area contributed by atoms with Crippen LogP contribution in [-0.2, 0) is 9.53 Å². The van der Waals surface area contributed by atoms with E-state index >= 15 is 0 Å². The fourth-order valence-electron chi connectivity index (χ4n) is 3.48. The maximum Gasteiger partial charge on any atom is 0.320 e. The van der Waals surface area contributed by atoms with Crippen LogP contribution in [0.4, 0.5) is 0 Å². The van der Waals surface area contributed by atoms with Crippen molar-refractivity contribution in [2.45, 2.75) is 70.3 Å². The molecule has 5 N–H and O–H groups in total. The van der Waals surface area contributed by atoms with Gasteiger partial charge in [0.25, 0.3) is 0 Å². The zero-order chi connectivity index (χ0) is 17.9. The van der Waals surface area contributed by atoms with Crippen LogP contribution >= 0.6 is 11.8 Å². The number of aliphatic carboxylic acids is 1. The van der Waals surface area contributed by atoms with E-state index in [4.69, 9.17) is 15.6 Å². The Hall–Kier alpha value is -0.760. The molecular formula is C17H29NO5S. The highest BCUT2D eigenvalue weighted by Crippen LogP contribution is 2.46. The topological polar surface area (TPSA) is 113 Å². The summed E-state index contributed by atoms with van der Waals surface area (Å²) >= 11 is 1.59. The normalized spacial score (nSPS) is 38.0. The first-order chi connectivity index (χ1) is 11.3. The highest BCUT2D eigenvalue weighted by Gasteiger charge is 2.51. The second-order valence-electron chi connectivity index (χ2n) is 7.16. The number of aliphatic hydroxyl groups is 2. The standard InChI is InChI=1S/C17H29NO5S/c1-10-5-3-4-7-17(2)12(23-14(10)13(19)15(17)20)9-24-8-6-11(18)16(21)22/h11-13,15,19-20H,3-9,18H2,1-2H3,(H,21,22)/b14-10-/t11-,12?,13?,15?,17?/m0/s1. The van der Waals surface area contributed by atoms with Crippen LogP contribution in [0.15, 0.2) is 11.3 Å². The van der Waals surface area contributed by atoms with E-state index in [0.717, 1.165) is 31.3 Å². The monoisotopic (exact) mass is 359 g/mol. The van der Waals surface area contributed by atoms with Crippen LogP contribution in [0, 0.1) is 5.41 Å². The maximum atomic E-state index is 10.8. The summed E-state index contributed by atoms with van der Waals surface area (Å²) in [7, 11) is 0. The van der Waals surface area contributed by atoms with Gasteiger partial charge in [-0.15, -0.1) is 0 Å². The molecule has 7 heteroatoms. The van der Waals surface area contributed by atoms with Gasteiger partial charge in [-0.2, -0.15) is 11.8 Å². The molecule has 0 saturated carbocycles. The van der Waals surface area contributed by atoms with E-state index in [1.165, 1.54) is 0 Å². The van der Waals surface area contributed by atoms with E-state index in [2.05, 4.69) is 0 Å². The number of carboxylic acids is 1. The quantitative estimate of drug-likeness (QED) is 0.532. The van der Waals surface area contributed by atoms with Crippen LogP contribution in [0.2, 0.25) is 0 Å². The molecule has 2 bridgehead atoms. The summed E-state index contributed by atoms with van der Waals surface area (Å²) in [4.78, 5) is 10.8. The molecule has 0 aromatic heterocycles. The van der Waals surface area contributed by atoms with Gasteiger partial charge in [-0.05, 0) is 43.9 Å². The Morgan fingerprint density at radius 1 is 1.46 bits per heavy atom. The lowest BCUT2D eigenvalue weighted by molar-refractivity contribution is -0.162. The first kappa shape index (κ1) is 19.6. The number of nitrogens with two attached hydrogens (primary N) is 1. The van der Waals surface area contributed by atoms with Crippen molar-refractivity contribution >= 4 is 17.7 Å². The van der Waals surface area contributed by atoms with Crippen LogP contribution in [0.5, 0.6) is 0 Å². The van der Waals surface area contributed by atoms with Crippen molar-refractivity contribution in [1.29, 1.82) is 0 Å². The Bertz CT molecular complexity index is 497. The summed E-state index contributed by atoms with van der Waals surface area (Å²) in [5, 5.41) is 30.0. The molecule has 4 unspecified atom stereocenters. The lowest BCUT2D eigenvalue weighted by atomic mass is 9.71. The molecule has 24 heavy (non-hydrogen) atoms. The third-order valence-electron chi connectivity index (χ3n) is 5.35. The lowest BCUT2D eigenvalue weighted by Crippen LogP contribution is -2.56. The number of hydrogen-bond acceptors (Lipinski definition) is 6. The second-order valence-corrected chi connectivity index (χ2v) is 8.31. The van der Waals surface area contributed by atoms with Crippen LogP contribution in [-0.4, -0.2) is 57.1 Å². The Kier molecular flexibility index (Phi) is 6.59. The van der Waals surface area contributed by atoms with Gasteiger partial charge in [0.2, 0.25) is 0 Å². The van der Waals surface area contributed by atoms with Crippen molar-refractivity contribution in [3.8, 4) is 0 Å². The molecule has 1 aliphatic carbocycles. The van der Waals surface area contributed by atoms with Crippen LogP contribution < -0.4 is 5.73 Å². The lowest BCUT2D eigenvalue weighted by Gasteiger charge is -2.48. The number of thioether (sulfide) groups is 1. The largest absolute Gasteiger partial charge is 0.490 e. The Balaban J connectivity index is 2.05. The minimum Gasteiger partial charge on any atom is -0.490 e. The highest BCUT2D eigenvalue weighted by atomic mass is 32.2. The number of carboxylic acid groups (broad SMARTS) is 1. The van der Waals surface area contributed by atoms with Gasteiger partial charge in [-0.25, -0.2) is 0 Å². The molecule has 2 heterocycles. The predicted octanol–water partition coefficient (Wildman–Crippen LogP) is 1.50. The van der Waals surface area contributed by atoms with Crippen LogP contribution in [0.1, 0.15) is 46.0 Å². The first-order valence-electron chi connectivity index (χ1n) is 8.56. The highest BCUT2D eigenvalue weighted by molar-refractivity contribution is 7.99. The summed E-state index contributed by atoms with van der Waals surface area (Å²) in [5.74, 6) is 0.804. The first-order valence-corrected chi connectivity index (χ1v) is 9.71. The summed E-state index contributed by atoms with van der Waals surface area (Å²) in [6.07, 6.45) is 2.08. The van der Waals surface area contributed by atoms with Gasteiger partial charge >= 0.3 is 5.97 Å². The molecular weight excluding hydrogens is 330 g/mol. The van der Waals surface area contributed by atoms with Gasteiger partial charge in [0.15, 0.2) is 0 Å². The van der Waals surface area contributed by atoms with Gasteiger partial charge < -0.3 is 25.8 Å². The average Bonchev–Trinajstić information content (AvgIpc) is 2.62. The van der Waals surface area contributed by atoms with E-state index < -0.39 is 29.6 Å². The van der Waals surface area contributed by atoms with Crippen molar-refractivity contribution in [2.75, 3.05) is 11.5 Å². The minimum absolute atomic E-state index is 0.204. The fourth-order valence-corrected chi connectivity index (χ4v) is 4.73. The summed E-state index contributed by atoms with van der Waals surface area (Å²) < 4.78 is 6.12. The number of fused-ring (bicyclic) bond motifs is 6. The molecule has 3 rings (SSSR count). The third kappa shape index (κ3) is 4.07. The molecule has 2 aliphatic heterocycles. The molecule has 0 radical (unpaired) electrons. The van der Waals surface area contributed by atoms with Crippen molar-refractivity contribution in [1.82, 2.24) is 0 Å². The second kappa shape index (κ2) is 8.08. The molecule has 0 aromatic rings. The molecule has 138 valence electrons. The van der Waals surface area contributed by atoms with Crippen LogP contribution in [0.25, 0.3) is 0 Å². The maximum absolute atomic E-state index is 10.8. The van der Waals surface area contributed by atoms with E-state index in [-0.39, 0.29) is 6.10 Å². The summed E-state index contributed by atoms with van der Waals surface area (Å²) in [5.41, 5.74) is 6.03. The number of aliphatic hydroxyl groups excluding tert-OH is 2. The molecule has 3 aliphatic rings. The summed E-state index contributed by atoms with van der Waals surface area (Å²) in [6, 6.07) is -0.844. The predicted molar refractivity (Wildman–Crippen MR) is 93.7 cm³/mol. The SMILES string of the molecule is C/C1=C2/OC(CSCC[C@H](N)C(=O)O)C(C)(CCCC1)C(O)C2O. The average molecular weight is 359 g/mol.